The van der Waals surface area contributed by atoms with Gasteiger partial charge in [0.25, 0.3) is 0 Å². The number of aromatic nitrogens is 1. The number of rotatable bonds is 4. The molecule has 0 saturated carbocycles. The summed E-state index contributed by atoms with van der Waals surface area (Å²) < 4.78 is 2.41. The predicted octanol–water partition coefficient (Wildman–Crippen LogP) is 10.3. The molecule has 0 aliphatic carbocycles. The van der Waals surface area contributed by atoms with E-state index in [1.807, 2.05) is 6.08 Å². The lowest BCUT2D eigenvalue weighted by Gasteiger charge is -2.11. The van der Waals surface area contributed by atoms with Crippen LogP contribution in [0.3, 0.4) is 0 Å². The quantitative estimate of drug-likeness (QED) is 0.219. The number of nitrogens with zero attached hydrogens (tertiary/aromatic N) is 1. The highest BCUT2D eigenvalue weighted by atomic mass is 15.0. The van der Waals surface area contributed by atoms with Crippen LogP contribution in [0.25, 0.3) is 65.7 Å². The summed E-state index contributed by atoms with van der Waals surface area (Å²) in [6.07, 6.45) is 4.02. The maximum atomic E-state index is 3.95. The fourth-order valence-electron chi connectivity index (χ4n) is 5.82. The van der Waals surface area contributed by atoms with E-state index in [9.17, 15) is 0 Å². The zero-order valence-electron chi connectivity index (χ0n) is 21.4. The molecule has 0 radical (unpaired) electrons. The van der Waals surface area contributed by atoms with Gasteiger partial charge in [-0.3, -0.25) is 0 Å². The van der Waals surface area contributed by atoms with Crippen LogP contribution in [0, 0.1) is 0 Å². The van der Waals surface area contributed by atoms with Crippen LogP contribution < -0.4 is 0 Å². The van der Waals surface area contributed by atoms with Crippen LogP contribution in [0.2, 0.25) is 0 Å². The topological polar surface area (TPSA) is 4.93 Å². The van der Waals surface area contributed by atoms with Crippen LogP contribution in [0.15, 0.2) is 140 Å². The van der Waals surface area contributed by atoms with Gasteiger partial charge in [0.1, 0.15) is 0 Å². The van der Waals surface area contributed by atoms with Crippen molar-refractivity contribution in [2.45, 2.75) is 6.92 Å². The van der Waals surface area contributed by atoms with Crippen molar-refractivity contribution in [3.8, 4) is 16.8 Å². The number of hydrogen-bond donors (Lipinski definition) is 0. The van der Waals surface area contributed by atoms with Crippen molar-refractivity contribution in [1.29, 1.82) is 0 Å². The molecule has 0 N–H and O–H groups in total. The third-order valence-electron chi connectivity index (χ3n) is 7.70. The fourth-order valence-corrected chi connectivity index (χ4v) is 5.82. The predicted molar refractivity (Wildman–Crippen MR) is 165 cm³/mol. The second kappa shape index (κ2) is 8.90. The Balaban J connectivity index is 1.40. The highest BCUT2D eigenvalue weighted by Gasteiger charge is 2.15. The lowest BCUT2D eigenvalue weighted by atomic mass is 9.96. The highest BCUT2D eigenvalue weighted by Crippen LogP contribution is 2.38. The first kappa shape index (κ1) is 22.3. The lowest BCUT2D eigenvalue weighted by Crippen LogP contribution is -1.94. The van der Waals surface area contributed by atoms with Gasteiger partial charge >= 0.3 is 0 Å². The van der Waals surface area contributed by atoms with Gasteiger partial charge in [0.2, 0.25) is 0 Å². The molecule has 0 atom stereocenters. The number of benzene rings is 6. The Bertz CT molecular complexity index is 2040. The first-order chi connectivity index (χ1) is 18.7. The maximum Gasteiger partial charge on any atom is 0.0619 e. The van der Waals surface area contributed by atoms with Crippen LogP contribution in [-0.2, 0) is 0 Å². The third-order valence-corrected chi connectivity index (χ3v) is 7.70. The number of allylic oxidation sites excluding steroid dienone is 3. The van der Waals surface area contributed by atoms with E-state index < -0.39 is 0 Å². The second-order valence-corrected chi connectivity index (χ2v) is 9.81. The van der Waals surface area contributed by atoms with E-state index in [2.05, 4.69) is 145 Å². The molecule has 1 heterocycles. The molecule has 0 bridgehead atoms. The molecule has 0 aliphatic rings. The molecule has 38 heavy (non-hydrogen) atoms. The molecule has 1 heteroatoms. The first-order valence-corrected chi connectivity index (χ1v) is 13.1. The summed E-state index contributed by atoms with van der Waals surface area (Å²) in [6, 6.07) is 44.2. The van der Waals surface area contributed by atoms with Gasteiger partial charge in [-0.2, -0.15) is 0 Å². The standard InChI is InChI=1S/C37H27N/c1-3-25(4-2)26-14-15-28-23-29(17-16-27(28)22-26)30-18-20-33-31(24-30)19-21-35-34-12-8-9-13-36(34)38(37(33)35)32-10-6-5-7-11-32/h3-24H,1H2,2H3/b25-4+. The average Bonchev–Trinajstić information content (AvgIpc) is 3.32. The second-order valence-electron chi connectivity index (χ2n) is 9.81. The van der Waals surface area contributed by atoms with Crippen molar-refractivity contribution in [2.24, 2.45) is 0 Å². The minimum absolute atomic E-state index is 1.16. The maximum absolute atomic E-state index is 3.95. The molecule has 7 rings (SSSR count). The van der Waals surface area contributed by atoms with Gasteiger partial charge in [0.05, 0.1) is 11.0 Å². The smallest absolute Gasteiger partial charge is 0.0619 e. The van der Waals surface area contributed by atoms with Crippen molar-refractivity contribution >= 4 is 48.9 Å². The summed E-state index contributed by atoms with van der Waals surface area (Å²) in [5.74, 6) is 0. The van der Waals surface area contributed by atoms with Crippen molar-refractivity contribution in [3.05, 3.63) is 146 Å². The zero-order chi connectivity index (χ0) is 25.6. The molecular formula is C37H27N. The minimum atomic E-state index is 1.16. The van der Waals surface area contributed by atoms with Crippen LogP contribution in [0.1, 0.15) is 12.5 Å². The van der Waals surface area contributed by atoms with E-state index in [0.29, 0.717) is 0 Å². The van der Waals surface area contributed by atoms with Crippen molar-refractivity contribution in [1.82, 2.24) is 4.57 Å². The van der Waals surface area contributed by atoms with Gasteiger partial charge < -0.3 is 4.57 Å². The van der Waals surface area contributed by atoms with Gasteiger partial charge in [0.15, 0.2) is 0 Å². The van der Waals surface area contributed by atoms with Gasteiger partial charge in [-0.15, -0.1) is 0 Å². The first-order valence-electron chi connectivity index (χ1n) is 13.1. The fraction of sp³-hybridized carbons (Fsp3) is 0.0270. The van der Waals surface area contributed by atoms with Gasteiger partial charge in [-0.05, 0) is 81.7 Å². The van der Waals surface area contributed by atoms with E-state index in [1.165, 1.54) is 65.7 Å². The summed E-state index contributed by atoms with van der Waals surface area (Å²) in [5.41, 5.74) is 8.49. The van der Waals surface area contributed by atoms with E-state index in [4.69, 9.17) is 0 Å². The molecule has 0 unspecified atom stereocenters. The van der Waals surface area contributed by atoms with E-state index in [-0.39, 0.29) is 0 Å². The lowest BCUT2D eigenvalue weighted by molar-refractivity contribution is 1.19. The van der Waals surface area contributed by atoms with Gasteiger partial charge in [-0.1, -0.05) is 104 Å². The molecule has 0 aliphatic heterocycles. The van der Waals surface area contributed by atoms with Crippen molar-refractivity contribution < 1.29 is 0 Å². The van der Waals surface area contributed by atoms with Crippen molar-refractivity contribution in [3.63, 3.8) is 0 Å². The Labute approximate surface area is 222 Å². The largest absolute Gasteiger partial charge is 0.309 e. The molecule has 0 fully saturated rings. The van der Waals surface area contributed by atoms with Gasteiger partial charge in [-0.25, -0.2) is 0 Å². The van der Waals surface area contributed by atoms with Gasteiger partial charge in [0, 0.05) is 21.8 Å². The molecule has 180 valence electrons. The van der Waals surface area contributed by atoms with Crippen LogP contribution >= 0.6 is 0 Å². The molecule has 0 saturated heterocycles. The molecule has 0 spiro atoms. The van der Waals surface area contributed by atoms with E-state index in [1.54, 1.807) is 0 Å². The molecule has 1 aromatic heterocycles. The normalized spacial score (nSPS) is 12.1. The van der Waals surface area contributed by atoms with Crippen LogP contribution in [-0.4, -0.2) is 4.57 Å². The van der Waals surface area contributed by atoms with E-state index in [0.717, 1.165) is 5.57 Å². The molecular weight excluding hydrogens is 458 g/mol. The molecule has 6 aromatic carbocycles. The SMILES string of the molecule is C=C/C(=C\C)c1ccc2cc(-c3ccc4c(ccc5c6ccccc6n(-c6ccccc6)c45)c3)ccc2c1. The highest BCUT2D eigenvalue weighted by molar-refractivity contribution is 6.19. The average molecular weight is 486 g/mol. The molecule has 7 aromatic rings. The Morgan fingerprint density at radius 3 is 2.08 bits per heavy atom. The summed E-state index contributed by atoms with van der Waals surface area (Å²) in [7, 11) is 0. The van der Waals surface area contributed by atoms with Crippen LogP contribution in [0.4, 0.5) is 0 Å². The number of para-hydroxylation sites is 2. The Morgan fingerprint density at radius 1 is 0.605 bits per heavy atom. The minimum Gasteiger partial charge on any atom is -0.309 e. The van der Waals surface area contributed by atoms with Crippen molar-refractivity contribution in [2.75, 3.05) is 0 Å². The number of fused-ring (bicyclic) bond motifs is 6. The summed E-state index contributed by atoms with van der Waals surface area (Å²) in [4.78, 5) is 0. The molecule has 0 amide bonds. The Kier molecular flexibility index (Phi) is 5.23. The van der Waals surface area contributed by atoms with E-state index >= 15 is 0 Å². The number of hydrogen-bond acceptors (Lipinski definition) is 0. The zero-order valence-corrected chi connectivity index (χ0v) is 21.4. The summed E-state index contributed by atoms with van der Waals surface area (Å²) >= 11 is 0. The monoisotopic (exact) mass is 485 g/mol. The van der Waals surface area contributed by atoms with Crippen LogP contribution in [0.5, 0.6) is 0 Å². The third kappa shape index (κ3) is 3.48. The summed E-state index contributed by atoms with van der Waals surface area (Å²) in [5, 5.41) is 7.55. The summed E-state index contributed by atoms with van der Waals surface area (Å²) in [6.45, 7) is 6.00. The Morgan fingerprint density at radius 2 is 1.26 bits per heavy atom. The molecule has 1 nitrogen and oxygen atoms in total. The Hall–Kier alpha value is -4.88.